The summed E-state index contributed by atoms with van der Waals surface area (Å²) in [5.41, 5.74) is 6.25. The van der Waals surface area contributed by atoms with E-state index in [0.717, 1.165) is 0 Å². The van der Waals surface area contributed by atoms with E-state index in [-0.39, 0.29) is 17.1 Å². The fourth-order valence-corrected chi connectivity index (χ4v) is 1.92. The number of hydrogen-bond donors (Lipinski definition) is 3. The highest BCUT2D eigenvalue weighted by Gasteiger charge is 2.13. The van der Waals surface area contributed by atoms with Gasteiger partial charge in [-0.3, -0.25) is 0 Å². The van der Waals surface area contributed by atoms with Gasteiger partial charge in [0.05, 0.1) is 22.6 Å². The van der Waals surface area contributed by atoms with Crippen LogP contribution in [0.4, 0.5) is 17.2 Å². The van der Waals surface area contributed by atoms with Crippen LogP contribution < -0.4 is 11.1 Å². The van der Waals surface area contributed by atoms with Crippen molar-refractivity contribution in [1.29, 1.82) is 0 Å². The number of rotatable bonds is 3. The maximum atomic E-state index is 11.1. The van der Waals surface area contributed by atoms with Crippen molar-refractivity contribution in [2.75, 3.05) is 11.1 Å². The third-order valence-electron chi connectivity index (χ3n) is 2.32. The minimum Gasteiger partial charge on any atom is -0.478 e. The van der Waals surface area contributed by atoms with Gasteiger partial charge in [-0.05, 0) is 24.3 Å². The van der Waals surface area contributed by atoms with Crippen LogP contribution in [-0.2, 0) is 0 Å². The molecule has 0 amide bonds. The van der Waals surface area contributed by atoms with Crippen molar-refractivity contribution in [2.24, 2.45) is 0 Å². The second-order valence-corrected chi connectivity index (χ2v) is 4.56. The summed E-state index contributed by atoms with van der Waals surface area (Å²) in [6.45, 7) is 0. The van der Waals surface area contributed by atoms with E-state index in [0.29, 0.717) is 15.7 Å². The molecule has 2 aromatic rings. The molecular weight excluding hydrogens is 289 g/mol. The number of carbonyl (C=O) groups is 1. The summed E-state index contributed by atoms with van der Waals surface area (Å²) in [4.78, 5) is 15.1. The zero-order valence-electron chi connectivity index (χ0n) is 9.52. The largest absolute Gasteiger partial charge is 0.478 e. The number of halogens is 2. The number of pyridine rings is 1. The van der Waals surface area contributed by atoms with Crippen LogP contribution in [0, 0.1) is 0 Å². The molecule has 7 heteroatoms. The quantitative estimate of drug-likeness (QED) is 0.808. The molecule has 4 N–H and O–H groups in total. The van der Waals surface area contributed by atoms with Gasteiger partial charge >= 0.3 is 5.97 Å². The maximum absolute atomic E-state index is 11.1. The van der Waals surface area contributed by atoms with Crippen molar-refractivity contribution in [2.45, 2.75) is 0 Å². The summed E-state index contributed by atoms with van der Waals surface area (Å²) in [6.07, 6.45) is 1.36. The number of aromatic carboxylic acids is 1. The molecule has 1 heterocycles. The average Bonchev–Trinajstić information content (AvgIpc) is 2.34. The number of anilines is 3. The Morgan fingerprint density at radius 2 is 2.05 bits per heavy atom. The fraction of sp³-hybridized carbons (Fsp3) is 0. The van der Waals surface area contributed by atoms with E-state index in [9.17, 15) is 4.79 Å². The lowest BCUT2D eigenvalue weighted by Crippen LogP contribution is -2.06. The molecule has 0 radical (unpaired) electrons. The van der Waals surface area contributed by atoms with Gasteiger partial charge in [-0.1, -0.05) is 23.2 Å². The molecule has 0 aliphatic carbocycles. The number of hydrogen-bond acceptors (Lipinski definition) is 4. The van der Waals surface area contributed by atoms with Crippen molar-refractivity contribution < 1.29 is 9.90 Å². The van der Waals surface area contributed by atoms with Crippen LogP contribution in [0.3, 0.4) is 0 Å². The summed E-state index contributed by atoms with van der Waals surface area (Å²) >= 11 is 11.8. The molecule has 2 rings (SSSR count). The highest BCUT2D eigenvalue weighted by Crippen LogP contribution is 2.29. The SMILES string of the molecule is Nc1cnc(Nc2ccc(Cl)cc2Cl)c(C(=O)O)c1. The molecule has 1 aromatic carbocycles. The lowest BCUT2D eigenvalue weighted by Gasteiger charge is -2.10. The van der Waals surface area contributed by atoms with Crippen LogP contribution in [-0.4, -0.2) is 16.1 Å². The van der Waals surface area contributed by atoms with E-state index in [1.807, 2.05) is 0 Å². The Hall–Kier alpha value is -1.98. The lowest BCUT2D eigenvalue weighted by molar-refractivity contribution is 0.0697. The number of carboxylic acids is 1. The molecule has 0 saturated heterocycles. The van der Waals surface area contributed by atoms with E-state index < -0.39 is 5.97 Å². The smallest absolute Gasteiger partial charge is 0.339 e. The molecular formula is C12H9Cl2N3O2. The minimum absolute atomic E-state index is 0.0361. The number of benzene rings is 1. The standard InChI is InChI=1S/C12H9Cl2N3O2/c13-6-1-2-10(9(14)3-6)17-11-8(12(18)19)4-7(15)5-16-11/h1-5H,15H2,(H,16,17)(H,18,19). The van der Waals surface area contributed by atoms with Gasteiger partial charge < -0.3 is 16.2 Å². The first-order valence-corrected chi connectivity index (χ1v) is 5.94. The van der Waals surface area contributed by atoms with Crippen molar-refractivity contribution in [3.63, 3.8) is 0 Å². The Morgan fingerprint density at radius 1 is 1.32 bits per heavy atom. The predicted molar refractivity (Wildman–Crippen MR) is 75.4 cm³/mol. The lowest BCUT2D eigenvalue weighted by atomic mass is 10.2. The van der Waals surface area contributed by atoms with Gasteiger partial charge in [0.15, 0.2) is 0 Å². The molecule has 98 valence electrons. The van der Waals surface area contributed by atoms with E-state index in [4.69, 9.17) is 34.0 Å². The van der Waals surface area contributed by atoms with Gasteiger partial charge in [0.25, 0.3) is 0 Å². The summed E-state index contributed by atoms with van der Waals surface area (Å²) in [6, 6.07) is 6.13. The molecule has 0 aliphatic rings. The number of aromatic nitrogens is 1. The third-order valence-corrected chi connectivity index (χ3v) is 2.87. The summed E-state index contributed by atoms with van der Waals surface area (Å²) in [5.74, 6) is -0.974. The Bertz CT molecular complexity index is 647. The van der Waals surface area contributed by atoms with Gasteiger partial charge in [-0.25, -0.2) is 9.78 Å². The van der Waals surface area contributed by atoms with Gasteiger partial charge in [0.1, 0.15) is 11.4 Å². The summed E-state index contributed by atoms with van der Waals surface area (Å²) < 4.78 is 0. The second kappa shape index (κ2) is 5.34. The van der Waals surface area contributed by atoms with Crippen LogP contribution >= 0.6 is 23.2 Å². The van der Waals surface area contributed by atoms with Crippen LogP contribution in [0.2, 0.25) is 10.0 Å². The van der Waals surface area contributed by atoms with E-state index in [2.05, 4.69) is 10.3 Å². The average molecular weight is 298 g/mol. The molecule has 0 atom stereocenters. The summed E-state index contributed by atoms with van der Waals surface area (Å²) in [5, 5.41) is 12.8. The minimum atomic E-state index is -1.13. The number of nitrogen functional groups attached to an aromatic ring is 1. The number of nitrogens with one attached hydrogen (secondary N) is 1. The number of nitrogens with two attached hydrogens (primary N) is 1. The van der Waals surface area contributed by atoms with Gasteiger partial charge in [-0.2, -0.15) is 0 Å². The van der Waals surface area contributed by atoms with E-state index >= 15 is 0 Å². The van der Waals surface area contributed by atoms with Crippen LogP contribution in [0.5, 0.6) is 0 Å². The topological polar surface area (TPSA) is 88.2 Å². The van der Waals surface area contributed by atoms with E-state index in [1.165, 1.54) is 12.3 Å². The Balaban J connectivity index is 2.40. The highest BCUT2D eigenvalue weighted by molar-refractivity contribution is 6.36. The number of carboxylic acid groups (broad SMARTS) is 1. The maximum Gasteiger partial charge on any atom is 0.339 e. The molecule has 0 fully saturated rings. The summed E-state index contributed by atoms with van der Waals surface area (Å²) in [7, 11) is 0. The van der Waals surface area contributed by atoms with Crippen molar-refractivity contribution in [3.05, 3.63) is 46.1 Å². The molecule has 0 saturated carbocycles. The third kappa shape index (κ3) is 3.07. The predicted octanol–water partition coefficient (Wildman–Crippen LogP) is 3.41. The zero-order chi connectivity index (χ0) is 14.0. The van der Waals surface area contributed by atoms with Crippen molar-refractivity contribution in [3.8, 4) is 0 Å². The van der Waals surface area contributed by atoms with Gasteiger partial charge in [0.2, 0.25) is 0 Å². The molecule has 5 nitrogen and oxygen atoms in total. The second-order valence-electron chi connectivity index (χ2n) is 3.72. The van der Waals surface area contributed by atoms with Crippen LogP contribution in [0.25, 0.3) is 0 Å². The first-order chi connectivity index (χ1) is 8.97. The van der Waals surface area contributed by atoms with Crippen LogP contribution in [0.1, 0.15) is 10.4 Å². The van der Waals surface area contributed by atoms with Gasteiger partial charge in [-0.15, -0.1) is 0 Å². The molecule has 0 aliphatic heterocycles. The Morgan fingerprint density at radius 3 is 2.68 bits per heavy atom. The van der Waals surface area contributed by atoms with Crippen LogP contribution in [0.15, 0.2) is 30.5 Å². The first kappa shape index (κ1) is 13.5. The van der Waals surface area contributed by atoms with Crippen molar-refractivity contribution in [1.82, 2.24) is 4.98 Å². The Kier molecular flexibility index (Phi) is 3.78. The molecule has 0 bridgehead atoms. The fourth-order valence-electron chi connectivity index (χ4n) is 1.46. The monoisotopic (exact) mass is 297 g/mol. The van der Waals surface area contributed by atoms with Crippen molar-refractivity contribution >= 4 is 46.4 Å². The highest BCUT2D eigenvalue weighted by atomic mass is 35.5. The zero-order valence-corrected chi connectivity index (χ0v) is 11.0. The molecule has 19 heavy (non-hydrogen) atoms. The molecule has 0 unspecified atom stereocenters. The molecule has 1 aromatic heterocycles. The van der Waals surface area contributed by atoms with Gasteiger partial charge in [0, 0.05) is 5.02 Å². The number of nitrogens with zero attached hydrogens (tertiary/aromatic N) is 1. The molecule has 0 spiro atoms. The normalized spacial score (nSPS) is 10.2. The first-order valence-electron chi connectivity index (χ1n) is 5.18. The Labute approximate surface area is 119 Å². The van der Waals surface area contributed by atoms with E-state index in [1.54, 1.807) is 18.2 Å².